The highest BCUT2D eigenvalue weighted by Gasteiger charge is 2.40. The van der Waals surface area contributed by atoms with Crippen molar-refractivity contribution < 1.29 is 50.9 Å². The number of anilines is 1. The monoisotopic (exact) mass is 889 g/mol. The van der Waals surface area contributed by atoms with Crippen molar-refractivity contribution >= 4 is 70.1 Å². The number of carbonyl (C=O) groups excluding carboxylic acids is 4. The summed E-state index contributed by atoms with van der Waals surface area (Å²) in [5, 5.41) is 5.08. The minimum atomic E-state index is -4.12. The SMILES string of the molecule is C=C(N=C(/C=C/C=C/C=C1/N(CCCS(=O)(=O)O)c2ccc(PO)cc2C1(C)C)CC)/C(=C\C(=C/NCCCS(C)=O)C(=O)N(C)OCC(=O)ON1C(=O)CCC1=O)CC. The van der Waals surface area contributed by atoms with Gasteiger partial charge in [-0.1, -0.05) is 58.6 Å². The van der Waals surface area contributed by atoms with Crippen LogP contribution in [0, 0.1) is 0 Å². The molecule has 0 radical (unpaired) electrons. The van der Waals surface area contributed by atoms with Crippen molar-refractivity contribution in [3.05, 3.63) is 95.5 Å². The molecule has 0 bridgehead atoms. The third-order valence-corrected chi connectivity index (χ3v) is 11.6. The van der Waals surface area contributed by atoms with Crippen molar-refractivity contribution in [1.29, 1.82) is 0 Å². The lowest BCUT2D eigenvalue weighted by Crippen LogP contribution is -2.36. The summed E-state index contributed by atoms with van der Waals surface area (Å²) in [5.41, 5.74) is 4.25. The highest BCUT2D eigenvalue weighted by molar-refractivity contribution is 7.85. The van der Waals surface area contributed by atoms with Crippen molar-refractivity contribution in [3.8, 4) is 0 Å². The van der Waals surface area contributed by atoms with Crippen molar-refractivity contribution in [2.24, 2.45) is 4.99 Å². The largest absolute Gasteiger partial charge is 0.390 e. The maximum atomic E-state index is 13.6. The summed E-state index contributed by atoms with van der Waals surface area (Å²) < 4.78 is 43.8. The molecule has 1 saturated heterocycles. The van der Waals surface area contributed by atoms with Gasteiger partial charge < -0.3 is 19.9 Å². The molecule has 2 heterocycles. The Morgan fingerprint density at radius 1 is 1.12 bits per heavy atom. The molecule has 2 unspecified atom stereocenters. The minimum absolute atomic E-state index is 0.0664. The quantitative estimate of drug-likeness (QED) is 0.0206. The number of carbonyl (C=O) groups is 4. The van der Waals surface area contributed by atoms with Crippen molar-refractivity contribution in [1.82, 2.24) is 15.4 Å². The summed E-state index contributed by atoms with van der Waals surface area (Å²) in [4.78, 5) is 76.2. The highest BCUT2D eigenvalue weighted by atomic mass is 32.2. The highest BCUT2D eigenvalue weighted by Crippen LogP contribution is 2.47. The molecule has 19 heteroatoms. The van der Waals surface area contributed by atoms with Crippen molar-refractivity contribution in [3.63, 3.8) is 0 Å². The minimum Gasteiger partial charge on any atom is -0.390 e. The second-order valence-electron chi connectivity index (χ2n) is 14.3. The number of hydrogen-bond donors (Lipinski definition) is 3. The molecule has 60 heavy (non-hydrogen) atoms. The number of nitrogens with one attached hydrogen (secondary N) is 1. The predicted octanol–water partition coefficient (Wildman–Crippen LogP) is 4.21. The average molecular weight is 890 g/mol. The standard InChI is InChI=1S/C41H56N5O11PS2/c1-8-30(25-31(27-42-21-13-23-59(7)52)40(50)44(6)56-28-39(49)57-46-37(47)19-20-38(46)48)29(3)43-32(9-2)15-11-10-12-16-36-41(4,5)34-26-33(58-51)17-18-35(34)45(36)22-14-24-60(53,54)55/h10-12,15-18,25-27,42,51,58H,3,8-9,13-14,19-24,28H2,1-2,4-7H3,(H,53,54,55)/b12-10+,15-11+,30-25-,31-27+,36-16+,43-32?. The zero-order valence-corrected chi connectivity index (χ0v) is 37.6. The van der Waals surface area contributed by atoms with Gasteiger partial charge in [-0.2, -0.15) is 8.42 Å². The van der Waals surface area contributed by atoms with Crippen LogP contribution >= 0.6 is 8.81 Å². The zero-order valence-electron chi connectivity index (χ0n) is 34.9. The van der Waals surface area contributed by atoms with E-state index >= 15 is 0 Å². The van der Waals surface area contributed by atoms with Gasteiger partial charge in [0.2, 0.25) is 0 Å². The first-order chi connectivity index (χ1) is 28.3. The van der Waals surface area contributed by atoms with Gasteiger partial charge in [0.25, 0.3) is 27.8 Å². The summed E-state index contributed by atoms with van der Waals surface area (Å²) in [6, 6.07) is 5.72. The van der Waals surface area contributed by atoms with Crippen LogP contribution < -0.4 is 15.5 Å². The van der Waals surface area contributed by atoms with E-state index in [4.69, 9.17) is 14.7 Å². The van der Waals surface area contributed by atoms with Crippen LogP contribution in [0.3, 0.4) is 0 Å². The Kier molecular flexibility index (Phi) is 19.4. The number of fused-ring (bicyclic) bond motifs is 1. The smallest absolute Gasteiger partial charge is 0.361 e. The van der Waals surface area contributed by atoms with Crippen LogP contribution in [-0.4, -0.2) is 106 Å². The first kappa shape index (κ1) is 49.8. The molecule has 2 aliphatic rings. The van der Waals surface area contributed by atoms with E-state index < -0.39 is 56.6 Å². The summed E-state index contributed by atoms with van der Waals surface area (Å²) in [6.45, 7) is 12.1. The molecule has 0 spiro atoms. The number of rotatable bonds is 23. The molecule has 0 saturated carbocycles. The number of amides is 3. The lowest BCUT2D eigenvalue weighted by Gasteiger charge is -2.27. The predicted molar refractivity (Wildman–Crippen MR) is 235 cm³/mol. The third-order valence-electron chi connectivity index (χ3n) is 9.41. The Balaban J connectivity index is 1.80. The Hall–Kier alpha value is -4.58. The van der Waals surface area contributed by atoms with Gasteiger partial charge in [0, 0.05) is 93.3 Å². The molecule has 16 nitrogen and oxygen atoms in total. The van der Waals surface area contributed by atoms with E-state index in [9.17, 15) is 41.3 Å². The van der Waals surface area contributed by atoms with Gasteiger partial charge in [-0.05, 0) is 72.5 Å². The summed E-state index contributed by atoms with van der Waals surface area (Å²) in [6.07, 6.45) is 15.7. The van der Waals surface area contributed by atoms with E-state index in [2.05, 4.69) is 25.7 Å². The number of hydrogen-bond acceptors (Lipinski definition) is 13. The number of aliphatic imine (C=N–C) groups is 1. The molecule has 3 amide bonds. The van der Waals surface area contributed by atoms with E-state index in [-0.39, 0.29) is 39.4 Å². The van der Waals surface area contributed by atoms with E-state index in [0.29, 0.717) is 60.1 Å². The zero-order chi connectivity index (χ0) is 44.6. The van der Waals surface area contributed by atoms with Gasteiger partial charge in [-0.3, -0.25) is 33.0 Å². The molecular formula is C41H56N5O11PS2. The summed E-state index contributed by atoms with van der Waals surface area (Å²) in [7, 11) is -4.18. The van der Waals surface area contributed by atoms with Gasteiger partial charge >= 0.3 is 5.97 Å². The number of benzene rings is 1. The molecular weight excluding hydrogens is 834 g/mol. The van der Waals surface area contributed by atoms with E-state index in [1.807, 2.05) is 67.3 Å². The molecule has 3 rings (SSSR count). The maximum Gasteiger partial charge on any atom is 0.361 e. The van der Waals surface area contributed by atoms with Crippen LogP contribution in [0.5, 0.6) is 0 Å². The Labute approximate surface area is 356 Å². The molecule has 2 atom stereocenters. The molecule has 2 aliphatic heterocycles. The fourth-order valence-electron chi connectivity index (χ4n) is 6.23. The molecule has 0 aliphatic carbocycles. The number of likely N-dealkylation sites (N-methyl/N-ethyl adjacent to an activating group) is 1. The molecule has 0 aromatic heterocycles. The van der Waals surface area contributed by atoms with Gasteiger partial charge in [0.15, 0.2) is 6.61 Å². The van der Waals surface area contributed by atoms with E-state index in [1.165, 1.54) is 13.2 Å². The molecule has 1 aromatic carbocycles. The second kappa shape index (κ2) is 23.4. The van der Waals surface area contributed by atoms with E-state index in [0.717, 1.165) is 27.3 Å². The normalized spacial score (nSPS) is 17.5. The van der Waals surface area contributed by atoms with Gasteiger partial charge in [-0.15, -0.1) is 5.06 Å². The van der Waals surface area contributed by atoms with Crippen LogP contribution in [0.2, 0.25) is 0 Å². The average Bonchev–Trinajstić information content (AvgIpc) is 3.62. The summed E-state index contributed by atoms with van der Waals surface area (Å²) in [5.74, 6) is -2.88. The summed E-state index contributed by atoms with van der Waals surface area (Å²) >= 11 is 0. The first-order valence-electron chi connectivity index (χ1n) is 19.3. The fraction of sp³-hybridized carbons (Fsp3) is 0.439. The molecule has 1 aromatic rings. The van der Waals surface area contributed by atoms with Crippen molar-refractivity contribution in [2.45, 2.75) is 71.6 Å². The molecule has 3 N–H and O–H groups in total. The topological polar surface area (TPSA) is 213 Å². The molecule has 1 fully saturated rings. The van der Waals surface area contributed by atoms with Crippen LogP contribution in [0.15, 0.2) is 95.0 Å². The Morgan fingerprint density at radius 3 is 2.43 bits per heavy atom. The first-order valence-corrected chi connectivity index (χ1v) is 23.6. The lowest BCUT2D eigenvalue weighted by atomic mass is 9.83. The van der Waals surface area contributed by atoms with Crippen LogP contribution in [0.4, 0.5) is 5.69 Å². The fourth-order valence-corrected chi connectivity index (χ4v) is 7.64. The lowest BCUT2D eigenvalue weighted by molar-refractivity contribution is -0.211. The Bertz CT molecular complexity index is 2090. The van der Waals surface area contributed by atoms with Crippen LogP contribution in [0.25, 0.3) is 0 Å². The second-order valence-corrected chi connectivity index (χ2v) is 18.2. The van der Waals surface area contributed by atoms with Crippen molar-refractivity contribution in [2.75, 3.05) is 49.4 Å². The maximum absolute atomic E-state index is 13.6. The third kappa shape index (κ3) is 14.9. The number of imide groups is 1. The number of hydroxylamine groups is 4. The molecule has 328 valence electrons. The Morgan fingerprint density at radius 2 is 1.82 bits per heavy atom. The number of allylic oxidation sites excluding steroid dienone is 7. The van der Waals surface area contributed by atoms with Crippen LogP contribution in [-0.2, 0) is 55.2 Å². The van der Waals surface area contributed by atoms with Gasteiger partial charge in [-0.25, -0.2) is 9.86 Å². The van der Waals surface area contributed by atoms with Crippen LogP contribution in [0.1, 0.15) is 71.8 Å². The number of nitrogens with zero attached hydrogens (tertiary/aromatic N) is 4. The van der Waals surface area contributed by atoms with Gasteiger partial charge in [0.05, 0.1) is 17.0 Å². The van der Waals surface area contributed by atoms with E-state index in [1.54, 1.807) is 12.3 Å². The van der Waals surface area contributed by atoms with Gasteiger partial charge in [0.1, 0.15) is 0 Å².